The van der Waals surface area contributed by atoms with Crippen molar-refractivity contribution in [1.29, 1.82) is 0 Å². The standard InChI is InChI=1S/C23H17Br2N3O3S/c1-14-5-2-3-6-15(14)10-20-22(30)28(13-18-7-4-8-31-18)23(32-20)27-26-12-16-9-17(24)11-19(25)21(16)29/h2-12,29H,13H2,1H3/b20-10-,26-12-,27-23+. The van der Waals surface area contributed by atoms with Crippen LogP contribution < -0.4 is 0 Å². The molecular weight excluding hydrogens is 558 g/mol. The van der Waals surface area contributed by atoms with E-state index in [1.54, 1.807) is 30.5 Å². The molecule has 0 radical (unpaired) electrons. The van der Waals surface area contributed by atoms with Crippen LogP contribution in [0.15, 0.2) is 83.3 Å². The summed E-state index contributed by atoms with van der Waals surface area (Å²) in [4.78, 5) is 15.2. The molecule has 0 unspecified atom stereocenters. The van der Waals surface area contributed by atoms with Crippen LogP contribution in [0.3, 0.4) is 0 Å². The van der Waals surface area contributed by atoms with Gasteiger partial charge in [0, 0.05) is 10.0 Å². The second kappa shape index (κ2) is 9.89. The molecule has 32 heavy (non-hydrogen) atoms. The van der Waals surface area contributed by atoms with E-state index in [0.29, 0.717) is 25.9 Å². The fourth-order valence-corrected chi connectivity index (χ4v) is 5.18. The fourth-order valence-electron chi connectivity index (χ4n) is 3.00. The van der Waals surface area contributed by atoms with E-state index < -0.39 is 0 Å². The second-order valence-electron chi connectivity index (χ2n) is 6.89. The number of benzene rings is 2. The van der Waals surface area contributed by atoms with Crippen LogP contribution in [0.5, 0.6) is 5.75 Å². The first-order chi connectivity index (χ1) is 15.4. The van der Waals surface area contributed by atoms with Crippen molar-refractivity contribution in [1.82, 2.24) is 4.90 Å². The summed E-state index contributed by atoms with van der Waals surface area (Å²) in [6, 6.07) is 14.9. The summed E-state index contributed by atoms with van der Waals surface area (Å²) in [5.41, 5.74) is 2.53. The lowest BCUT2D eigenvalue weighted by molar-refractivity contribution is -0.122. The van der Waals surface area contributed by atoms with Crippen molar-refractivity contribution >= 4 is 67.0 Å². The fraction of sp³-hybridized carbons (Fsp3) is 0.0870. The molecule has 0 saturated carbocycles. The highest BCUT2D eigenvalue weighted by molar-refractivity contribution is 9.11. The first-order valence-electron chi connectivity index (χ1n) is 9.51. The normalized spacial score (nSPS) is 16.7. The summed E-state index contributed by atoms with van der Waals surface area (Å²) >= 11 is 7.94. The molecule has 2 heterocycles. The lowest BCUT2D eigenvalue weighted by Gasteiger charge is -2.12. The smallest absolute Gasteiger partial charge is 0.267 e. The van der Waals surface area contributed by atoms with Gasteiger partial charge in [-0.15, -0.1) is 5.10 Å². The van der Waals surface area contributed by atoms with Crippen molar-refractivity contribution < 1.29 is 14.3 Å². The van der Waals surface area contributed by atoms with E-state index >= 15 is 0 Å². The lowest BCUT2D eigenvalue weighted by atomic mass is 10.1. The number of carbonyl (C=O) groups excluding carboxylic acids is 1. The molecule has 1 aromatic heterocycles. The maximum atomic E-state index is 13.1. The molecule has 1 aliphatic rings. The third-order valence-corrected chi connectivity index (χ3v) is 6.71. The highest BCUT2D eigenvalue weighted by atomic mass is 79.9. The van der Waals surface area contributed by atoms with Gasteiger partial charge in [0.05, 0.1) is 28.4 Å². The number of aromatic hydroxyl groups is 1. The molecule has 162 valence electrons. The first kappa shape index (κ1) is 22.6. The lowest BCUT2D eigenvalue weighted by Crippen LogP contribution is -2.28. The number of aryl methyl sites for hydroxylation is 1. The average Bonchev–Trinajstić information content (AvgIpc) is 3.37. The summed E-state index contributed by atoms with van der Waals surface area (Å²) < 4.78 is 6.74. The van der Waals surface area contributed by atoms with Crippen molar-refractivity contribution in [2.24, 2.45) is 10.2 Å². The Balaban J connectivity index is 1.66. The number of furan rings is 1. The number of phenolic OH excluding ortho intramolecular Hbond substituents is 1. The minimum Gasteiger partial charge on any atom is -0.506 e. The molecule has 0 atom stereocenters. The summed E-state index contributed by atoms with van der Waals surface area (Å²) in [6.45, 7) is 2.24. The summed E-state index contributed by atoms with van der Waals surface area (Å²) in [5.74, 6) is 0.526. The van der Waals surface area contributed by atoms with Crippen LogP contribution >= 0.6 is 43.6 Å². The van der Waals surface area contributed by atoms with Crippen LogP contribution in [0.25, 0.3) is 6.08 Å². The van der Waals surface area contributed by atoms with Gasteiger partial charge in [-0.05, 0) is 76.1 Å². The highest BCUT2D eigenvalue weighted by Crippen LogP contribution is 2.34. The molecule has 4 rings (SSSR count). The van der Waals surface area contributed by atoms with Crippen LogP contribution in [0.2, 0.25) is 0 Å². The second-order valence-corrected chi connectivity index (χ2v) is 9.67. The van der Waals surface area contributed by atoms with Crippen LogP contribution in [0.4, 0.5) is 0 Å². The predicted octanol–water partition coefficient (Wildman–Crippen LogP) is 6.33. The summed E-state index contributed by atoms with van der Waals surface area (Å²) in [5, 5.41) is 19.0. The zero-order chi connectivity index (χ0) is 22.7. The molecule has 0 aliphatic carbocycles. The summed E-state index contributed by atoms with van der Waals surface area (Å²) in [7, 11) is 0. The van der Waals surface area contributed by atoms with Gasteiger partial charge in [-0.3, -0.25) is 9.69 Å². The number of hydrogen-bond acceptors (Lipinski definition) is 6. The third-order valence-electron chi connectivity index (χ3n) is 4.65. The van der Waals surface area contributed by atoms with Crippen molar-refractivity contribution in [2.75, 3.05) is 0 Å². The Labute approximate surface area is 206 Å². The first-order valence-corrected chi connectivity index (χ1v) is 11.9. The molecule has 0 bridgehead atoms. The number of nitrogens with zero attached hydrogens (tertiary/aromatic N) is 3. The van der Waals surface area contributed by atoms with Crippen molar-refractivity contribution in [3.63, 3.8) is 0 Å². The average molecular weight is 575 g/mol. The van der Waals surface area contributed by atoms with E-state index in [2.05, 4.69) is 42.1 Å². The Bertz CT molecular complexity index is 1250. The van der Waals surface area contributed by atoms with Gasteiger partial charge in [0.1, 0.15) is 11.5 Å². The van der Waals surface area contributed by atoms with Gasteiger partial charge in [0.15, 0.2) is 5.17 Å². The van der Waals surface area contributed by atoms with Crippen molar-refractivity contribution in [3.8, 4) is 5.75 Å². The van der Waals surface area contributed by atoms with Crippen LogP contribution in [0, 0.1) is 6.92 Å². The molecule has 3 aromatic rings. The number of thioether (sulfide) groups is 1. The van der Waals surface area contributed by atoms with E-state index in [1.807, 2.05) is 37.3 Å². The van der Waals surface area contributed by atoms with E-state index in [4.69, 9.17) is 4.42 Å². The van der Waals surface area contributed by atoms with Gasteiger partial charge in [-0.25, -0.2) is 0 Å². The molecular formula is C23H17Br2N3O3S. The zero-order valence-electron chi connectivity index (χ0n) is 16.8. The Morgan fingerprint density at radius 2 is 1.97 bits per heavy atom. The van der Waals surface area contributed by atoms with Gasteiger partial charge in [-0.2, -0.15) is 5.10 Å². The number of hydrogen-bond donors (Lipinski definition) is 1. The molecule has 0 spiro atoms. The van der Waals surface area contributed by atoms with Crippen LogP contribution in [0.1, 0.15) is 22.5 Å². The number of amides is 1. The maximum Gasteiger partial charge on any atom is 0.267 e. The molecule has 2 aromatic carbocycles. The quantitative estimate of drug-likeness (QED) is 0.219. The number of amidine groups is 1. The van der Waals surface area contributed by atoms with Gasteiger partial charge in [-0.1, -0.05) is 40.2 Å². The molecule has 1 amide bonds. The minimum atomic E-state index is -0.170. The van der Waals surface area contributed by atoms with Crippen molar-refractivity contribution in [3.05, 3.63) is 91.1 Å². The topological polar surface area (TPSA) is 78.4 Å². The van der Waals surface area contributed by atoms with Gasteiger partial charge < -0.3 is 9.52 Å². The third kappa shape index (κ3) is 5.06. The van der Waals surface area contributed by atoms with E-state index in [0.717, 1.165) is 15.6 Å². The van der Waals surface area contributed by atoms with Crippen LogP contribution in [-0.4, -0.2) is 27.3 Å². The number of halogens is 2. The molecule has 1 fully saturated rings. The Hall–Kier alpha value is -2.62. The monoisotopic (exact) mass is 573 g/mol. The minimum absolute atomic E-state index is 0.0554. The van der Waals surface area contributed by atoms with E-state index in [9.17, 15) is 9.90 Å². The van der Waals surface area contributed by atoms with Crippen LogP contribution in [-0.2, 0) is 11.3 Å². The molecule has 9 heteroatoms. The molecule has 6 nitrogen and oxygen atoms in total. The van der Waals surface area contributed by atoms with Crippen molar-refractivity contribution in [2.45, 2.75) is 13.5 Å². The number of rotatable bonds is 5. The van der Waals surface area contributed by atoms with E-state index in [1.165, 1.54) is 22.9 Å². The van der Waals surface area contributed by atoms with Gasteiger partial charge >= 0.3 is 0 Å². The number of carbonyl (C=O) groups is 1. The Kier molecular flexibility index (Phi) is 6.98. The molecule has 1 aliphatic heterocycles. The Morgan fingerprint density at radius 1 is 1.16 bits per heavy atom. The van der Waals surface area contributed by atoms with Gasteiger partial charge in [0.2, 0.25) is 0 Å². The zero-order valence-corrected chi connectivity index (χ0v) is 20.8. The Morgan fingerprint density at radius 3 is 2.72 bits per heavy atom. The maximum absolute atomic E-state index is 13.1. The molecule has 1 N–H and O–H groups in total. The van der Waals surface area contributed by atoms with E-state index in [-0.39, 0.29) is 18.2 Å². The highest BCUT2D eigenvalue weighted by Gasteiger charge is 2.34. The molecule has 1 saturated heterocycles. The largest absolute Gasteiger partial charge is 0.506 e. The predicted molar refractivity (Wildman–Crippen MR) is 135 cm³/mol. The van der Waals surface area contributed by atoms with Gasteiger partial charge in [0.25, 0.3) is 5.91 Å². The number of phenols is 1. The SMILES string of the molecule is Cc1ccccc1/C=C1\S/C(=N/N=C\c2cc(Br)cc(Br)c2O)N(Cc2ccco2)C1=O. The summed E-state index contributed by atoms with van der Waals surface area (Å²) in [6.07, 6.45) is 4.87.